The highest BCUT2D eigenvalue weighted by atomic mass is 16.5. The maximum atomic E-state index is 5.86. The Kier molecular flexibility index (Phi) is 3.83. The van der Waals surface area contributed by atoms with Gasteiger partial charge in [-0.1, -0.05) is 27.7 Å². The first-order valence-electron chi connectivity index (χ1n) is 4.79. The Morgan fingerprint density at radius 1 is 1.17 bits per heavy atom. The van der Waals surface area contributed by atoms with Gasteiger partial charge in [0, 0.05) is 6.61 Å². The van der Waals surface area contributed by atoms with Gasteiger partial charge >= 0.3 is 0 Å². The molecule has 0 aromatic heterocycles. The van der Waals surface area contributed by atoms with E-state index in [0.717, 1.165) is 6.61 Å². The minimum absolute atomic E-state index is 0.00722. The number of hydrogen-bond donors (Lipinski definition) is 0. The van der Waals surface area contributed by atoms with E-state index in [0.29, 0.717) is 5.92 Å². The van der Waals surface area contributed by atoms with E-state index in [4.69, 9.17) is 4.74 Å². The van der Waals surface area contributed by atoms with E-state index in [2.05, 4.69) is 49.4 Å². The van der Waals surface area contributed by atoms with Crippen LogP contribution in [0.4, 0.5) is 0 Å². The lowest BCUT2D eigenvalue weighted by Crippen LogP contribution is -2.33. The molecule has 0 N–H and O–H groups in total. The van der Waals surface area contributed by atoms with Crippen LogP contribution in [-0.2, 0) is 4.74 Å². The molecular formula is C10H23BO. The molecule has 12 heavy (non-hydrogen) atoms. The average molecular weight is 170 g/mol. The van der Waals surface area contributed by atoms with Crippen LogP contribution in [0.15, 0.2) is 0 Å². The van der Waals surface area contributed by atoms with Crippen LogP contribution >= 0.6 is 0 Å². The molecule has 0 rings (SSSR count). The van der Waals surface area contributed by atoms with Gasteiger partial charge in [0.15, 0.2) is 0 Å². The minimum atomic E-state index is 0.00722. The summed E-state index contributed by atoms with van der Waals surface area (Å²) in [6, 6.07) is 0. The number of hydrogen-bond acceptors (Lipinski definition) is 1. The van der Waals surface area contributed by atoms with Crippen molar-refractivity contribution in [3.8, 4) is 0 Å². The third-order valence-corrected chi connectivity index (χ3v) is 2.27. The van der Waals surface area contributed by atoms with Gasteiger partial charge in [-0.2, -0.15) is 0 Å². The Bertz CT molecular complexity index is 133. The third-order valence-electron chi connectivity index (χ3n) is 2.27. The zero-order valence-corrected chi connectivity index (χ0v) is 9.69. The van der Waals surface area contributed by atoms with Crippen molar-refractivity contribution in [2.45, 2.75) is 52.5 Å². The van der Waals surface area contributed by atoms with Crippen molar-refractivity contribution in [2.24, 2.45) is 5.92 Å². The van der Waals surface area contributed by atoms with Gasteiger partial charge in [-0.15, -0.1) is 0 Å². The van der Waals surface area contributed by atoms with Crippen LogP contribution in [0, 0.1) is 5.92 Å². The topological polar surface area (TPSA) is 9.23 Å². The van der Waals surface area contributed by atoms with Crippen LogP contribution in [0.3, 0.4) is 0 Å². The van der Waals surface area contributed by atoms with E-state index in [-0.39, 0.29) is 10.9 Å². The van der Waals surface area contributed by atoms with Crippen molar-refractivity contribution >= 4 is 7.85 Å². The van der Waals surface area contributed by atoms with Crippen LogP contribution in [-0.4, -0.2) is 20.1 Å². The molecule has 0 aromatic carbocycles. The van der Waals surface area contributed by atoms with E-state index in [9.17, 15) is 0 Å². The monoisotopic (exact) mass is 170 g/mol. The molecule has 72 valence electrons. The zero-order valence-electron chi connectivity index (χ0n) is 9.69. The molecule has 0 aliphatic carbocycles. The highest BCUT2D eigenvalue weighted by molar-refractivity contribution is 6.14. The lowest BCUT2D eigenvalue weighted by Gasteiger charge is -2.33. The van der Waals surface area contributed by atoms with E-state index in [1.807, 2.05) is 0 Å². The Hall–Kier alpha value is 0.0249. The molecule has 0 aliphatic rings. The second-order valence-electron chi connectivity index (χ2n) is 5.61. The maximum absolute atomic E-state index is 5.86. The molecule has 1 nitrogen and oxygen atoms in total. The second-order valence-corrected chi connectivity index (χ2v) is 5.61. The Balaban J connectivity index is 3.93. The summed E-state index contributed by atoms with van der Waals surface area (Å²) in [4.78, 5) is 0. The first-order valence-corrected chi connectivity index (χ1v) is 4.79. The second kappa shape index (κ2) is 3.82. The first-order chi connectivity index (χ1) is 5.15. The molecule has 0 fully saturated rings. The van der Waals surface area contributed by atoms with Gasteiger partial charge in [0.2, 0.25) is 0 Å². The SMILES string of the molecule is BC(C)(C)COC(C)(C)C(C)C. The van der Waals surface area contributed by atoms with Crippen LogP contribution in [0.1, 0.15) is 41.5 Å². The highest BCUT2D eigenvalue weighted by Crippen LogP contribution is 2.26. The van der Waals surface area contributed by atoms with Gasteiger partial charge in [0.25, 0.3) is 0 Å². The van der Waals surface area contributed by atoms with Crippen molar-refractivity contribution in [1.29, 1.82) is 0 Å². The van der Waals surface area contributed by atoms with E-state index in [1.54, 1.807) is 0 Å². The lowest BCUT2D eigenvalue weighted by atomic mass is 9.73. The molecule has 0 saturated carbocycles. The summed E-state index contributed by atoms with van der Waals surface area (Å²) in [7, 11) is 2.20. The predicted octanol–water partition coefficient (Wildman–Crippen LogP) is 2.27. The summed E-state index contributed by atoms with van der Waals surface area (Å²) in [6.07, 6.45) is 0. The summed E-state index contributed by atoms with van der Waals surface area (Å²) in [6.45, 7) is 13.9. The maximum Gasteiger partial charge on any atom is 0.111 e. The normalized spacial score (nSPS) is 13.9. The summed E-state index contributed by atoms with van der Waals surface area (Å²) < 4.78 is 5.86. The van der Waals surface area contributed by atoms with Gasteiger partial charge in [0.1, 0.15) is 7.85 Å². The van der Waals surface area contributed by atoms with Crippen molar-refractivity contribution in [3.05, 3.63) is 0 Å². The van der Waals surface area contributed by atoms with Crippen molar-refractivity contribution in [1.82, 2.24) is 0 Å². The number of rotatable bonds is 4. The molecule has 0 unspecified atom stereocenters. The fourth-order valence-electron chi connectivity index (χ4n) is 0.569. The van der Waals surface area contributed by atoms with E-state index in [1.165, 1.54) is 0 Å². The molecule has 0 aliphatic heterocycles. The van der Waals surface area contributed by atoms with E-state index < -0.39 is 0 Å². The van der Waals surface area contributed by atoms with Crippen LogP contribution in [0.2, 0.25) is 5.31 Å². The summed E-state index contributed by atoms with van der Waals surface area (Å²) in [5.74, 6) is 0.569. The molecule has 0 heterocycles. The van der Waals surface area contributed by atoms with Gasteiger partial charge in [0.05, 0.1) is 5.60 Å². The fourth-order valence-corrected chi connectivity index (χ4v) is 0.569. The molecule has 0 spiro atoms. The first kappa shape index (κ1) is 12.0. The van der Waals surface area contributed by atoms with Gasteiger partial charge in [-0.25, -0.2) is 0 Å². The minimum Gasteiger partial charge on any atom is -0.376 e. The third kappa shape index (κ3) is 4.81. The van der Waals surface area contributed by atoms with Gasteiger partial charge < -0.3 is 4.74 Å². The van der Waals surface area contributed by atoms with Crippen molar-refractivity contribution in [3.63, 3.8) is 0 Å². The standard InChI is InChI=1S/C10H23BO/c1-8(2)10(5,6)12-7-9(3,4)11/h8H,7,11H2,1-6H3. The van der Waals surface area contributed by atoms with Crippen molar-refractivity contribution < 1.29 is 4.74 Å². The van der Waals surface area contributed by atoms with Crippen molar-refractivity contribution in [2.75, 3.05) is 6.61 Å². The Morgan fingerprint density at radius 2 is 1.58 bits per heavy atom. The molecule has 0 amide bonds. The molecule has 0 atom stereocenters. The molecular weight excluding hydrogens is 147 g/mol. The molecule has 0 radical (unpaired) electrons. The van der Waals surface area contributed by atoms with Gasteiger partial charge in [-0.3, -0.25) is 0 Å². The highest BCUT2D eigenvalue weighted by Gasteiger charge is 2.25. The molecule has 2 heteroatoms. The Morgan fingerprint density at radius 3 is 1.83 bits per heavy atom. The van der Waals surface area contributed by atoms with Crippen LogP contribution in [0.25, 0.3) is 0 Å². The smallest absolute Gasteiger partial charge is 0.111 e. The predicted molar refractivity (Wildman–Crippen MR) is 57.5 cm³/mol. The summed E-state index contributed by atoms with van der Waals surface area (Å²) in [5, 5.41) is 0.270. The lowest BCUT2D eigenvalue weighted by molar-refractivity contribution is -0.0584. The van der Waals surface area contributed by atoms with E-state index >= 15 is 0 Å². The van der Waals surface area contributed by atoms with Gasteiger partial charge in [-0.05, 0) is 25.1 Å². The average Bonchev–Trinajstić information content (AvgIpc) is 1.82. The summed E-state index contributed by atoms with van der Waals surface area (Å²) >= 11 is 0. The fraction of sp³-hybridized carbons (Fsp3) is 1.00. The largest absolute Gasteiger partial charge is 0.376 e. The Labute approximate surface area is 78.3 Å². The van der Waals surface area contributed by atoms with Crippen LogP contribution in [0.5, 0.6) is 0 Å². The van der Waals surface area contributed by atoms with Crippen LogP contribution < -0.4 is 0 Å². The number of ether oxygens (including phenoxy) is 1. The summed E-state index contributed by atoms with van der Waals surface area (Å²) in [5.41, 5.74) is 0.00722. The zero-order chi connectivity index (χ0) is 9.99. The molecule has 0 bridgehead atoms. The molecule has 0 aromatic rings. The quantitative estimate of drug-likeness (QED) is 0.588. The molecule has 0 saturated heterocycles.